The second kappa shape index (κ2) is 9.24. The van der Waals surface area contributed by atoms with Gasteiger partial charge in [0.1, 0.15) is 0 Å². The third-order valence-corrected chi connectivity index (χ3v) is 6.26. The molecule has 0 aliphatic carbocycles. The summed E-state index contributed by atoms with van der Waals surface area (Å²) in [5.74, 6) is -1.05. The van der Waals surface area contributed by atoms with Crippen LogP contribution < -0.4 is 4.90 Å². The van der Waals surface area contributed by atoms with E-state index in [4.69, 9.17) is 23.2 Å². The zero-order valence-corrected chi connectivity index (χ0v) is 20.7. The van der Waals surface area contributed by atoms with E-state index < -0.39 is 0 Å². The minimum absolute atomic E-state index is 0.0476. The van der Waals surface area contributed by atoms with Gasteiger partial charge in [-0.2, -0.15) is 0 Å². The maximum absolute atomic E-state index is 13.5. The number of halogens is 2. The number of fused-ring (bicyclic) bond motifs is 1. The number of rotatable bonds is 5. The van der Waals surface area contributed by atoms with Crippen LogP contribution in [0, 0.1) is 0 Å². The van der Waals surface area contributed by atoms with E-state index >= 15 is 0 Å². The molecule has 3 amide bonds. The normalized spacial score (nSPS) is 13.3. The number of benzene rings is 3. The third-order valence-electron chi connectivity index (χ3n) is 5.83. The highest BCUT2D eigenvalue weighted by atomic mass is 35.5. The molecule has 0 unspecified atom stereocenters. The number of hydrogen-bond acceptors (Lipinski definition) is 3. The van der Waals surface area contributed by atoms with Gasteiger partial charge in [0, 0.05) is 34.4 Å². The fraction of sp³-hybridized carbons (Fsp3) is 0.222. The highest BCUT2D eigenvalue weighted by Gasteiger charge is 2.35. The van der Waals surface area contributed by atoms with Crippen molar-refractivity contribution in [2.75, 3.05) is 18.0 Å². The van der Waals surface area contributed by atoms with Crippen LogP contribution in [0.3, 0.4) is 0 Å². The van der Waals surface area contributed by atoms with Crippen LogP contribution in [0.4, 0.5) is 5.69 Å². The predicted octanol–water partition coefficient (Wildman–Crippen LogP) is 6.23. The van der Waals surface area contributed by atoms with Crippen LogP contribution in [-0.2, 0) is 5.41 Å². The van der Waals surface area contributed by atoms with Gasteiger partial charge in [-0.3, -0.25) is 19.3 Å². The fourth-order valence-corrected chi connectivity index (χ4v) is 4.49. The summed E-state index contributed by atoms with van der Waals surface area (Å²) in [6.45, 7) is 6.50. The predicted molar refractivity (Wildman–Crippen MR) is 135 cm³/mol. The molecule has 5 nitrogen and oxygen atoms in total. The van der Waals surface area contributed by atoms with E-state index in [1.807, 2.05) is 24.3 Å². The molecule has 3 aromatic rings. The Morgan fingerprint density at radius 3 is 1.88 bits per heavy atom. The average molecular weight is 495 g/mol. The summed E-state index contributed by atoms with van der Waals surface area (Å²) in [4.78, 5) is 41.9. The largest absolute Gasteiger partial charge is 0.307 e. The summed E-state index contributed by atoms with van der Waals surface area (Å²) >= 11 is 12.3. The second-order valence-electron chi connectivity index (χ2n) is 9.22. The molecule has 0 atom stereocenters. The standard InChI is InChI=1S/C27H24Cl2N2O3/c1-27(2,3)18-8-10-21(11-9-18)30(24(32)17-14-19(28)16-20(29)15-17)12-13-31-25(33)22-6-4-5-7-23(22)26(31)34/h4-11,14-16H,12-13H2,1-3H3. The van der Waals surface area contributed by atoms with Gasteiger partial charge in [-0.1, -0.05) is 68.2 Å². The van der Waals surface area contributed by atoms with Crippen LogP contribution in [0.1, 0.15) is 57.4 Å². The molecule has 34 heavy (non-hydrogen) atoms. The molecule has 7 heteroatoms. The summed E-state index contributed by atoms with van der Waals surface area (Å²) in [5.41, 5.74) is 2.79. The van der Waals surface area contributed by atoms with Gasteiger partial charge < -0.3 is 4.90 Å². The highest BCUT2D eigenvalue weighted by molar-refractivity contribution is 6.35. The molecule has 1 aliphatic rings. The minimum atomic E-state index is -0.359. The van der Waals surface area contributed by atoms with Gasteiger partial charge in [-0.15, -0.1) is 0 Å². The molecule has 4 rings (SSSR count). The molecule has 3 aromatic carbocycles. The van der Waals surface area contributed by atoms with Gasteiger partial charge in [0.25, 0.3) is 17.7 Å². The number of hydrogen-bond donors (Lipinski definition) is 0. The SMILES string of the molecule is CC(C)(C)c1ccc(N(CCN2C(=O)c3ccccc3C2=O)C(=O)c2cc(Cl)cc(Cl)c2)cc1. The quantitative estimate of drug-likeness (QED) is 0.394. The van der Waals surface area contributed by atoms with Gasteiger partial charge in [-0.05, 0) is 53.4 Å². The Labute approximate surface area is 208 Å². The Kier molecular flexibility index (Phi) is 6.52. The molecular formula is C27H24Cl2N2O3. The first-order valence-corrected chi connectivity index (χ1v) is 11.7. The first-order valence-electron chi connectivity index (χ1n) is 10.9. The van der Waals surface area contributed by atoms with E-state index in [2.05, 4.69) is 20.8 Å². The second-order valence-corrected chi connectivity index (χ2v) is 10.1. The van der Waals surface area contributed by atoms with Crippen LogP contribution >= 0.6 is 23.2 Å². The molecule has 0 N–H and O–H groups in total. The summed E-state index contributed by atoms with van der Waals surface area (Å²) in [6.07, 6.45) is 0. The van der Waals surface area contributed by atoms with Gasteiger partial charge in [0.2, 0.25) is 0 Å². The third kappa shape index (κ3) is 4.72. The van der Waals surface area contributed by atoms with Crippen molar-refractivity contribution in [2.24, 2.45) is 0 Å². The van der Waals surface area contributed by atoms with Crippen LogP contribution in [0.25, 0.3) is 0 Å². The maximum Gasteiger partial charge on any atom is 0.261 e. The van der Waals surface area contributed by atoms with E-state index in [1.165, 1.54) is 9.80 Å². The number of carbonyl (C=O) groups is 3. The van der Waals surface area contributed by atoms with Crippen molar-refractivity contribution < 1.29 is 14.4 Å². The van der Waals surface area contributed by atoms with Gasteiger partial charge in [-0.25, -0.2) is 0 Å². The summed E-state index contributed by atoms with van der Waals surface area (Å²) in [5, 5.41) is 0.693. The van der Waals surface area contributed by atoms with Gasteiger partial charge >= 0.3 is 0 Å². The average Bonchev–Trinajstić information content (AvgIpc) is 3.03. The Balaban J connectivity index is 1.65. The minimum Gasteiger partial charge on any atom is -0.307 e. The number of anilines is 1. The first-order chi connectivity index (χ1) is 16.1. The highest BCUT2D eigenvalue weighted by Crippen LogP contribution is 2.28. The van der Waals surface area contributed by atoms with Crippen LogP contribution in [0.5, 0.6) is 0 Å². The lowest BCUT2D eigenvalue weighted by Gasteiger charge is -2.27. The zero-order valence-electron chi connectivity index (χ0n) is 19.1. The molecule has 0 aromatic heterocycles. The Bertz CT molecular complexity index is 1220. The first kappa shape index (κ1) is 24.0. The molecule has 0 radical (unpaired) electrons. The van der Waals surface area contributed by atoms with Crippen molar-refractivity contribution in [3.8, 4) is 0 Å². The number of amides is 3. The number of carbonyl (C=O) groups excluding carboxylic acids is 3. The molecule has 0 saturated carbocycles. The fourth-order valence-electron chi connectivity index (χ4n) is 3.96. The van der Waals surface area contributed by atoms with E-state index in [9.17, 15) is 14.4 Å². The smallest absolute Gasteiger partial charge is 0.261 e. The lowest BCUT2D eigenvalue weighted by Crippen LogP contribution is -2.41. The van der Waals surface area contributed by atoms with Crippen molar-refractivity contribution in [3.63, 3.8) is 0 Å². The lowest BCUT2D eigenvalue weighted by molar-refractivity contribution is 0.0654. The van der Waals surface area contributed by atoms with Crippen molar-refractivity contribution in [1.29, 1.82) is 0 Å². The molecular weight excluding hydrogens is 471 g/mol. The maximum atomic E-state index is 13.5. The van der Waals surface area contributed by atoms with Gasteiger partial charge in [0.15, 0.2) is 0 Å². The topological polar surface area (TPSA) is 57.7 Å². The Morgan fingerprint density at radius 2 is 1.38 bits per heavy atom. The number of nitrogens with zero attached hydrogens (tertiary/aromatic N) is 2. The molecule has 0 bridgehead atoms. The van der Waals surface area contributed by atoms with Crippen LogP contribution in [-0.4, -0.2) is 35.7 Å². The van der Waals surface area contributed by atoms with Crippen molar-refractivity contribution in [3.05, 3.63) is 99.0 Å². The van der Waals surface area contributed by atoms with E-state index in [1.54, 1.807) is 42.5 Å². The van der Waals surface area contributed by atoms with Crippen LogP contribution in [0.2, 0.25) is 10.0 Å². The Morgan fingerprint density at radius 1 is 0.853 bits per heavy atom. The van der Waals surface area contributed by atoms with Crippen molar-refractivity contribution in [2.45, 2.75) is 26.2 Å². The van der Waals surface area contributed by atoms with Gasteiger partial charge in [0.05, 0.1) is 11.1 Å². The van der Waals surface area contributed by atoms with E-state index in [-0.39, 0.29) is 36.2 Å². The molecule has 174 valence electrons. The lowest BCUT2D eigenvalue weighted by atomic mass is 9.87. The van der Waals surface area contributed by atoms with E-state index in [0.29, 0.717) is 32.4 Å². The van der Waals surface area contributed by atoms with Crippen LogP contribution in [0.15, 0.2) is 66.7 Å². The Hall–Kier alpha value is -3.15. The number of imide groups is 1. The van der Waals surface area contributed by atoms with Crippen molar-refractivity contribution in [1.82, 2.24) is 4.90 Å². The monoisotopic (exact) mass is 494 g/mol. The molecule has 0 saturated heterocycles. The molecule has 0 fully saturated rings. The van der Waals surface area contributed by atoms with Crippen molar-refractivity contribution >= 4 is 46.6 Å². The molecule has 1 aliphatic heterocycles. The zero-order chi connectivity index (χ0) is 24.6. The summed E-state index contributed by atoms with van der Waals surface area (Å²) in [7, 11) is 0. The van der Waals surface area contributed by atoms with E-state index in [0.717, 1.165) is 5.56 Å². The molecule has 1 heterocycles. The molecule has 0 spiro atoms. The summed E-state index contributed by atoms with van der Waals surface area (Å²) in [6, 6.07) is 19.1. The summed E-state index contributed by atoms with van der Waals surface area (Å²) < 4.78 is 0.